The van der Waals surface area contributed by atoms with E-state index in [9.17, 15) is 9.18 Å². The summed E-state index contributed by atoms with van der Waals surface area (Å²) in [6, 6.07) is 5.00. The zero-order valence-electron chi connectivity index (χ0n) is 13.0. The van der Waals surface area contributed by atoms with Crippen molar-refractivity contribution in [2.75, 3.05) is 4.90 Å². The van der Waals surface area contributed by atoms with Crippen LogP contribution in [0.3, 0.4) is 0 Å². The molecule has 2 aromatic rings. The molecule has 0 unspecified atom stereocenters. The van der Waals surface area contributed by atoms with Crippen molar-refractivity contribution < 1.29 is 4.39 Å². The molecule has 0 aliphatic heterocycles. The molecule has 0 N–H and O–H groups in total. The smallest absolute Gasteiger partial charge is 0.211 e. The van der Waals surface area contributed by atoms with Crippen LogP contribution in [-0.2, 0) is 0 Å². The van der Waals surface area contributed by atoms with Gasteiger partial charge in [0.15, 0.2) is 0 Å². The van der Waals surface area contributed by atoms with Crippen molar-refractivity contribution in [1.82, 2.24) is 0 Å². The van der Waals surface area contributed by atoms with E-state index in [1.54, 1.807) is 6.07 Å². The van der Waals surface area contributed by atoms with Crippen molar-refractivity contribution in [3.63, 3.8) is 0 Å². The number of nitrogens with zero attached hydrogens (tertiary/aromatic N) is 1. The Hall–Kier alpha value is -1.42. The normalized spacial score (nSPS) is 14.1. The van der Waals surface area contributed by atoms with Gasteiger partial charge in [-0.05, 0) is 44.9 Å². The van der Waals surface area contributed by atoms with Gasteiger partial charge in [0.2, 0.25) is 5.43 Å². The van der Waals surface area contributed by atoms with Gasteiger partial charge in [-0.2, -0.15) is 0 Å². The van der Waals surface area contributed by atoms with E-state index in [0.717, 1.165) is 17.5 Å². The Morgan fingerprint density at radius 2 is 1.81 bits per heavy atom. The lowest BCUT2D eigenvalue weighted by Gasteiger charge is -2.35. The summed E-state index contributed by atoms with van der Waals surface area (Å²) in [5, 5.41) is 2.40. The van der Waals surface area contributed by atoms with Crippen molar-refractivity contribution in [3.8, 4) is 0 Å². The summed E-state index contributed by atoms with van der Waals surface area (Å²) in [7, 11) is 0. The van der Waals surface area contributed by atoms with E-state index < -0.39 is 0 Å². The highest BCUT2D eigenvalue weighted by Crippen LogP contribution is 2.26. The molecular weight excluding hydrogens is 285 g/mol. The molecule has 0 aliphatic rings. The van der Waals surface area contributed by atoms with E-state index in [0.29, 0.717) is 11.1 Å². The molecule has 0 bridgehead atoms. The van der Waals surface area contributed by atoms with Crippen LogP contribution < -0.4 is 10.3 Å². The second kappa shape index (κ2) is 6.56. The first-order chi connectivity index (χ1) is 9.99. The lowest BCUT2D eigenvalue weighted by Crippen LogP contribution is -2.42. The standard InChI is InChI=1S/C17H22FNOS/c1-5-11(3)19(12(4)6-2)15-10-21-16-8-7-13(18)9-14(16)17(15)20/h7-12H,5-6H2,1-4H3/t11-,12-/m0/s1. The number of halogens is 1. The molecule has 1 heterocycles. The molecular formula is C17H22FNOS. The van der Waals surface area contributed by atoms with Gasteiger partial charge in [0.25, 0.3) is 0 Å². The van der Waals surface area contributed by atoms with Crippen LogP contribution >= 0.6 is 11.3 Å². The van der Waals surface area contributed by atoms with Gasteiger partial charge < -0.3 is 4.90 Å². The number of hydrogen-bond donors (Lipinski definition) is 0. The topological polar surface area (TPSA) is 20.3 Å². The van der Waals surface area contributed by atoms with Gasteiger partial charge in [0.1, 0.15) is 5.82 Å². The minimum Gasteiger partial charge on any atom is -0.362 e. The van der Waals surface area contributed by atoms with Gasteiger partial charge in [-0.25, -0.2) is 4.39 Å². The molecule has 0 radical (unpaired) electrons. The Labute approximate surface area is 129 Å². The van der Waals surface area contributed by atoms with Crippen LogP contribution in [0.1, 0.15) is 40.5 Å². The molecule has 0 saturated heterocycles. The van der Waals surface area contributed by atoms with E-state index in [4.69, 9.17) is 0 Å². The summed E-state index contributed by atoms with van der Waals surface area (Å²) in [6.07, 6.45) is 1.94. The second-order valence-corrected chi connectivity index (χ2v) is 6.42. The summed E-state index contributed by atoms with van der Waals surface area (Å²) >= 11 is 1.50. The fourth-order valence-electron chi connectivity index (χ4n) is 2.57. The van der Waals surface area contributed by atoms with Gasteiger partial charge in [-0.15, -0.1) is 11.3 Å². The highest BCUT2D eigenvalue weighted by molar-refractivity contribution is 7.16. The summed E-state index contributed by atoms with van der Waals surface area (Å²) in [6.45, 7) is 8.50. The number of anilines is 1. The molecule has 21 heavy (non-hydrogen) atoms. The largest absolute Gasteiger partial charge is 0.362 e. The van der Waals surface area contributed by atoms with Crippen LogP contribution in [0.5, 0.6) is 0 Å². The lowest BCUT2D eigenvalue weighted by molar-refractivity contribution is 0.527. The third kappa shape index (κ3) is 3.10. The molecule has 2 rings (SSSR count). The Morgan fingerprint density at radius 3 is 2.38 bits per heavy atom. The Bertz CT molecular complexity index is 672. The molecule has 1 aromatic carbocycles. The molecule has 2 nitrogen and oxygen atoms in total. The SMILES string of the molecule is CC[C@H](C)N(c1csc2ccc(F)cc2c1=O)[C@@H](C)CC. The highest BCUT2D eigenvalue weighted by Gasteiger charge is 2.21. The first-order valence-electron chi connectivity index (χ1n) is 7.49. The Balaban J connectivity index is 2.63. The first-order valence-corrected chi connectivity index (χ1v) is 8.36. The average molecular weight is 307 g/mol. The Morgan fingerprint density at radius 1 is 1.19 bits per heavy atom. The van der Waals surface area contributed by atoms with Crippen LogP contribution in [0.4, 0.5) is 10.1 Å². The summed E-state index contributed by atoms with van der Waals surface area (Å²) < 4.78 is 14.3. The van der Waals surface area contributed by atoms with Crippen LogP contribution in [0.15, 0.2) is 28.4 Å². The van der Waals surface area contributed by atoms with Crippen molar-refractivity contribution >= 4 is 27.1 Å². The van der Waals surface area contributed by atoms with Crippen LogP contribution in [0.2, 0.25) is 0 Å². The predicted molar refractivity (Wildman–Crippen MR) is 90.0 cm³/mol. The zero-order valence-corrected chi connectivity index (χ0v) is 13.8. The third-order valence-electron chi connectivity index (χ3n) is 4.13. The van der Waals surface area contributed by atoms with Crippen molar-refractivity contribution in [2.24, 2.45) is 0 Å². The lowest BCUT2D eigenvalue weighted by atomic mass is 10.1. The van der Waals surface area contributed by atoms with Gasteiger partial charge in [0, 0.05) is 27.5 Å². The average Bonchev–Trinajstić information content (AvgIpc) is 2.49. The van der Waals surface area contributed by atoms with Crippen LogP contribution in [0.25, 0.3) is 10.1 Å². The summed E-state index contributed by atoms with van der Waals surface area (Å²) in [4.78, 5) is 14.9. The molecule has 0 spiro atoms. The monoisotopic (exact) mass is 307 g/mol. The van der Waals surface area contributed by atoms with Gasteiger partial charge >= 0.3 is 0 Å². The summed E-state index contributed by atoms with van der Waals surface area (Å²) in [5.41, 5.74) is 0.630. The molecule has 1 aromatic heterocycles. The number of rotatable bonds is 5. The van der Waals surface area contributed by atoms with E-state index >= 15 is 0 Å². The fourth-order valence-corrected chi connectivity index (χ4v) is 3.47. The predicted octanol–water partition coefficient (Wildman–Crippen LogP) is 4.80. The molecule has 0 amide bonds. The minimum absolute atomic E-state index is 0.0659. The van der Waals surface area contributed by atoms with Gasteiger partial charge in [0.05, 0.1) is 5.69 Å². The first kappa shape index (κ1) is 16.0. The van der Waals surface area contributed by atoms with Crippen molar-refractivity contribution in [2.45, 2.75) is 52.6 Å². The maximum absolute atomic E-state index is 13.5. The van der Waals surface area contributed by atoms with E-state index in [1.165, 1.54) is 23.5 Å². The molecule has 4 heteroatoms. The molecule has 2 atom stereocenters. The van der Waals surface area contributed by atoms with Crippen LogP contribution in [-0.4, -0.2) is 12.1 Å². The van der Waals surface area contributed by atoms with E-state index in [-0.39, 0.29) is 23.3 Å². The van der Waals surface area contributed by atoms with E-state index in [1.807, 2.05) is 5.38 Å². The minimum atomic E-state index is -0.359. The molecule has 0 fully saturated rings. The van der Waals surface area contributed by atoms with Gasteiger partial charge in [-0.1, -0.05) is 13.8 Å². The quantitative estimate of drug-likeness (QED) is 0.790. The summed E-state index contributed by atoms with van der Waals surface area (Å²) in [5.74, 6) is -0.359. The molecule has 114 valence electrons. The number of fused-ring (bicyclic) bond motifs is 1. The maximum Gasteiger partial charge on any atom is 0.211 e. The maximum atomic E-state index is 13.5. The second-order valence-electron chi connectivity index (χ2n) is 5.51. The van der Waals surface area contributed by atoms with Crippen LogP contribution in [0, 0.1) is 5.82 Å². The fraction of sp³-hybridized carbons (Fsp3) is 0.471. The highest BCUT2D eigenvalue weighted by atomic mass is 32.1. The Kier molecular flexibility index (Phi) is 4.99. The van der Waals surface area contributed by atoms with Gasteiger partial charge in [-0.3, -0.25) is 4.79 Å². The van der Waals surface area contributed by atoms with E-state index in [2.05, 4.69) is 32.6 Å². The number of hydrogen-bond acceptors (Lipinski definition) is 3. The zero-order chi connectivity index (χ0) is 15.6. The molecule has 0 saturated carbocycles. The van der Waals surface area contributed by atoms with Crippen molar-refractivity contribution in [3.05, 3.63) is 39.6 Å². The third-order valence-corrected chi connectivity index (χ3v) is 5.08. The van der Waals surface area contributed by atoms with Crippen molar-refractivity contribution in [1.29, 1.82) is 0 Å². The molecule has 0 aliphatic carbocycles. The number of benzene rings is 1.